The van der Waals surface area contributed by atoms with E-state index in [4.69, 9.17) is 17.3 Å². The summed E-state index contributed by atoms with van der Waals surface area (Å²) in [5.74, 6) is -1.29. The summed E-state index contributed by atoms with van der Waals surface area (Å²) in [5.41, 5.74) is 3.39. The van der Waals surface area contributed by atoms with Gasteiger partial charge in [0.1, 0.15) is 0 Å². The highest BCUT2D eigenvalue weighted by molar-refractivity contribution is 7.73. The van der Waals surface area contributed by atoms with E-state index in [1.165, 1.54) is 40.2 Å². The van der Waals surface area contributed by atoms with Crippen LogP contribution in [-0.4, -0.2) is 32.9 Å². The van der Waals surface area contributed by atoms with E-state index in [2.05, 4.69) is 10.3 Å². The molecule has 0 saturated heterocycles. The van der Waals surface area contributed by atoms with Crippen molar-refractivity contribution in [1.29, 1.82) is 0 Å². The fourth-order valence-corrected chi connectivity index (χ4v) is 4.44. The standard InChI is InChI=1S/C22H17N3O4S2/c26-19(24-15-7-5-13(6-8-15)21(28)29)9-10-25-20(27)18(31-22(25)30)11-14-12-23-17-4-2-1-3-16(14)17/h1-8,11-12,27H,9-10H2,(H,24,26)(H,28,29)/b14-11-. The molecule has 0 saturated carbocycles. The van der Waals surface area contributed by atoms with E-state index in [9.17, 15) is 14.7 Å². The fourth-order valence-electron chi connectivity index (χ4n) is 3.13. The molecule has 1 aliphatic heterocycles. The van der Waals surface area contributed by atoms with Crippen LogP contribution in [0, 0.1) is 3.95 Å². The van der Waals surface area contributed by atoms with Crippen molar-refractivity contribution in [2.45, 2.75) is 13.0 Å². The molecule has 7 nitrogen and oxygen atoms in total. The van der Waals surface area contributed by atoms with Gasteiger partial charge in [0.25, 0.3) is 0 Å². The number of rotatable bonds is 6. The maximum absolute atomic E-state index is 12.3. The molecule has 31 heavy (non-hydrogen) atoms. The van der Waals surface area contributed by atoms with Crippen LogP contribution < -0.4 is 5.32 Å². The molecule has 3 N–H and O–H groups in total. The lowest BCUT2D eigenvalue weighted by atomic mass is 10.1. The molecule has 0 aliphatic carbocycles. The summed E-state index contributed by atoms with van der Waals surface area (Å²) in [6.07, 6.45) is 3.69. The van der Waals surface area contributed by atoms with E-state index >= 15 is 0 Å². The van der Waals surface area contributed by atoms with Gasteiger partial charge in [0, 0.05) is 36.0 Å². The number of hydrogen-bond acceptors (Lipinski definition) is 6. The number of aromatic nitrogens is 1. The number of nitrogens with zero attached hydrogens (tertiary/aromatic N) is 2. The van der Waals surface area contributed by atoms with Crippen LogP contribution >= 0.6 is 23.6 Å². The Hall–Kier alpha value is -3.56. The van der Waals surface area contributed by atoms with Crippen molar-refractivity contribution in [3.63, 3.8) is 0 Å². The average molecular weight is 452 g/mol. The Morgan fingerprint density at radius 2 is 1.90 bits per heavy atom. The summed E-state index contributed by atoms with van der Waals surface area (Å²) >= 11 is 6.64. The molecule has 2 aromatic carbocycles. The molecule has 0 radical (unpaired) electrons. The number of thiazole rings is 1. The van der Waals surface area contributed by atoms with Crippen LogP contribution in [0.2, 0.25) is 0 Å². The molecule has 0 unspecified atom stereocenters. The number of para-hydroxylation sites is 1. The topological polar surface area (TPSA) is 104 Å². The molecule has 1 amide bonds. The number of aromatic hydroxyl groups is 1. The summed E-state index contributed by atoms with van der Waals surface area (Å²) in [7, 11) is 0. The van der Waals surface area contributed by atoms with Gasteiger partial charge in [0.15, 0.2) is 3.95 Å². The lowest BCUT2D eigenvalue weighted by Crippen LogP contribution is -2.14. The normalized spacial score (nSPS) is 13.4. The van der Waals surface area contributed by atoms with Crippen LogP contribution in [0.5, 0.6) is 5.88 Å². The molecule has 4 rings (SSSR count). The molecule has 0 fully saturated rings. The van der Waals surface area contributed by atoms with Crippen LogP contribution in [0.4, 0.5) is 11.4 Å². The van der Waals surface area contributed by atoms with E-state index in [1.54, 1.807) is 6.21 Å². The van der Waals surface area contributed by atoms with Crippen LogP contribution in [0.3, 0.4) is 0 Å². The predicted octanol–water partition coefficient (Wildman–Crippen LogP) is 4.97. The Kier molecular flexibility index (Phi) is 5.79. The molecule has 156 valence electrons. The zero-order valence-electron chi connectivity index (χ0n) is 16.1. The van der Waals surface area contributed by atoms with Crippen LogP contribution in [0.15, 0.2) is 53.5 Å². The zero-order chi connectivity index (χ0) is 22.0. The van der Waals surface area contributed by atoms with Gasteiger partial charge in [-0.15, -0.1) is 11.3 Å². The lowest BCUT2D eigenvalue weighted by molar-refractivity contribution is -0.116. The summed E-state index contributed by atoms with van der Waals surface area (Å²) < 4.78 is 1.99. The van der Waals surface area contributed by atoms with Crippen molar-refractivity contribution < 1.29 is 19.8 Å². The van der Waals surface area contributed by atoms with Crippen LogP contribution in [0.25, 0.3) is 11.6 Å². The zero-order valence-corrected chi connectivity index (χ0v) is 17.7. The second-order valence-electron chi connectivity index (χ2n) is 6.76. The Balaban J connectivity index is 1.44. The quantitative estimate of drug-likeness (QED) is 0.459. The van der Waals surface area contributed by atoms with E-state index in [0.29, 0.717) is 14.5 Å². The van der Waals surface area contributed by atoms with Crippen molar-refractivity contribution in [2.75, 3.05) is 5.32 Å². The molecule has 2 heterocycles. The molecule has 1 aromatic heterocycles. The summed E-state index contributed by atoms with van der Waals surface area (Å²) in [6.45, 7) is 0.216. The van der Waals surface area contributed by atoms with Gasteiger partial charge in [-0.25, -0.2) is 4.79 Å². The SMILES string of the molecule is O=C(CCn1c(O)c(/C=C2/C=Nc3ccccc32)sc1=S)Nc1ccc(C(=O)O)cc1. The molecular formula is C22H17N3O4S2. The Morgan fingerprint density at radius 1 is 1.16 bits per heavy atom. The van der Waals surface area contributed by atoms with Gasteiger partial charge in [0.2, 0.25) is 11.8 Å². The highest BCUT2D eigenvalue weighted by atomic mass is 32.1. The molecule has 9 heteroatoms. The minimum Gasteiger partial charge on any atom is -0.493 e. The van der Waals surface area contributed by atoms with E-state index in [1.807, 2.05) is 30.3 Å². The number of allylic oxidation sites excluding steroid dienone is 1. The molecular weight excluding hydrogens is 434 g/mol. The average Bonchev–Trinajstić information content (AvgIpc) is 3.28. The minimum absolute atomic E-state index is 0.0129. The number of carboxylic acid groups (broad SMARTS) is 1. The number of carboxylic acids is 1. The maximum Gasteiger partial charge on any atom is 0.335 e. The molecule has 0 spiro atoms. The number of carbonyl (C=O) groups is 2. The third-order valence-corrected chi connectivity index (χ3v) is 6.10. The van der Waals surface area contributed by atoms with Gasteiger partial charge in [-0.1, -0.05) is 18.2 Å². The second kappa shape index (κ2) is 8.66. The third-order valence-electron chi connectivity index (χ3n) is 4.72. The third kappa shape index (κ3) is 4.47. The lowest BCUT2D eigenvalue weighted by Gasteiger charge is -2.07. The number of fused-ring (bicyclic) bond motifs is 1. The van der Waals surface area contributed by atoms with E-state index < -0.39 is 5.97 Å². The number of amides is 1. The van der Waals surface area contributed by atoms with Gasteiger partial charge >= 0.3 is 5.97 Å². The summed E-state index contributed by atoms with van der Waals surface area (Å²) in [5, 5.41) is 22.3. The van der Waals surface area contributed by atoms with Gasteiger partial charge < -0.3 is 15.5 Å². The first-order valence-corrected chi connectivity index (χ1v) is 10.6. The smallest absolute Gasteiger partial charge is 0.335 e. The van der Waals surface area contributed by atoms with Crippen molar-refractivity contribution in [3.8, 4) is 5.88 Å². The Morgan fingerprint density at radius 3 is 2.65 bits per heavy atom. The first-order chi connectivity index (χ1) is 14.9. The number of benzene rings is 2. The van der Waals surface area contributed by atoms with Crippen molar-refractivity contribution in [1.82, 2.24) is 4.57 Å². The van der Waals surface area contributed by atoms with Gasteiger partial charge in [-0.2, -0.15) is 0 Å². The van der Waals surface area contributed by atoms with E-state index in [0.717, 1.165) is 16.8 Å². The summed E-state index contributed by atoms with van der Waals surface area (Å²) in [4.78, 5) is 28.1. The largest absolute Gasteiger partial charge is 0.493 e. The predicted molar refractivity (Wildman–Crippen MR) is 124 cm³/mol. The van der Waals surface area contributed by atoms with Crippen LogP contribution in [-0.2, 0) is 11.3 Å². The first-order valence-electron chi connectivity index (χ1n) is 9.33. The number of anilines is 1. The summed E-state index contributed by atoms with van der Waals surface area (Å²) in [6, 6.07) is 13.6. The number of aliphatic imine (C=N–C) groups is 1. The van der Waals surface area contributed by atoms with E-state index in [-0.39, 0.29) is 30.3 Å². The Bertz CT molecular complexity index is 1290. The fraction of sp³-hybridized carbons (Fsp3) is 0.0909. The van der Waals surface area contributed by atoms with Gasteiger partial charge in [-0.3, -0.25) is 14.4 Å². The Labute approximate surface area is 186 Å². The van der Waals surface area contributed by atoms with Crippen LogP contribution in [0.1, 0.15) is 27.2 Å². The molecule has 1 aliphatic rings. The van der Waals surface area contributed by atoms with Crippen molar-refractivity contribution >= 4 is 64.7 Å². The molecule has 0 bridgehead atoms. The number of aromatic carboxylic acids is 1. The molecule has 3 aromatic rings. The highest BCUT2D eigenvalue weighted by Gasteiger charge is 2.16. The number of nitrogens with one attached hydrogen (secondary N) is 1. The monoisotopic (exact) mass is 451 g/mol. The van der Waals surface area contributed by atoms with Gasteiger partial charge in [0.05, 0.1) is 16.1 Å². The van der Waals surface area contributed by atoms with Gasteiger partial charge in [-0.05, 0) is 48.6 Å². The number of hydrogen-bond donors (Lipinski definition) is 3. The second-order valence-corrected chi connectivity index (χ2v) is 8.44. The maximum atomic E-state index is 12.3. The van der Waals surface area contributed by atoms with Crippen molar-refractivity contribution in [3.05, 3.63) is 68.5 Å². The minimum atomic E-state index is -1.03. The van der Waals surface area contributed by atoms with Crippen molar-refractivity contribution in [2.24, 2.45) is 4.99 Å². The molecule has 0 atom stereocenters. The highest BCUT2D eigenvalue weighted by Crippen LogP contribution is 2.35. The number of carbonyl (C=O) groups excluding carboxylic acids is 1. The first kappa shape index (κ1) is 20.7.